The summed E-state index contributed by atoms with van der Waals surface area (Å²) in [6.45, 7) is 6.90. The van der Waals surface area contributed by atoms with Gasteiger partial charge in [0.1, 0.15) is 17.1 Å². The van der Waals surface area contributed by atoms with E-state index in [9.17, 15) is 4.79 Å². The summed E-state index contributed by atoms with van der Waals surface area (Å²) in [5.41, 5.74) is 4.95. The van der Waals surface area contributed by atoms with E-state index in [1.54, 1.807) is 36.9 Å². The number of fused-ring (bicyclic) bond motifs is 1. The standard InChI is InChI=1S/C27H26N2O4/c1-4-31-21-10-8-19(9-11-21)24-17-33-26-15-25(32-5-2)22(14-23(24)26)18(3)13-27(30)29-20-7-6-12-28-16-20/h6-17H,4-5H2,1-3H3,(H,29,30)/b18-13+. The van der Waals surface area contributed by atoms with Crippen LogP contribution in [0.2, 0.25) is 0 Å². The normalized spacial score (nSPS) is 11.4. The van der Waals surface area contributed by atoms with Crippen molar-refractivity contribution in [2.45, 2.75) is 20.8 Å². The van der Waals surface area contributed by atoms with E-state index in [0.29, 0.717) is 24.7 Å². The van der Waals surface area contributed by atoms with E-state index in [1.165, 1.54) is 0 Å². The lowest BCUT2D eigenvalue weighted by Gasteiger charge is -2.12. The lowest BCUT2D eigenvalue weighted by Crippen LogP contribution is -2.08. The molecule has 0 aliphatic rings. The zero-order valence-electron chi connectivity index (χ0n) is 18.9. The third-order valence-electron chi connectivity index (χ3n) is 5.15. The summed E-state index contributed by atoms with van der Waals surface area (Å²) in [4.78, 5) is 16.6. The second-order valence-electron chi connectivity index (χ2n) is 7.44. The van der Waals surface area contributed by atoms with Gasteiger partial charge in [-0.25, -0.2) is 0 Å². The maximum Gasteiger partial charge on any atom is 0.248 e. The van der Waals surface area contributed by atoms with Crippen molar-refractivity contribution in [3.63, 3.8) is 0 Å². The molecule has 0 bridgehead atoms. The van der Waals surface area contributed by atoms with Crippen LogP contribution in [0.3, 0.4) is 0 Å². The molecule has 0 unspecified atom stereocenters. The van der Waals surface area contributed by atoms with Gasteiger partial charge in [0.2, 0.25) is 5.91 Å². The van der Waals surface area contributed by atoms with E-state index < -0.39 is 0 Å². The Morgan fingerprint density at radius 3 is 2.58 bits per heavy atom. The Balaban J connectivity index is 1.70. The average molecular weight is 443 g/mol. The highest BCUT2D eigenvalue weighted by Crippen LogP contribution is 2.38. The number of ether oxygens (including phenoxy) is 2. The molecule has 0 aliphatic carbocycles. The summed E-state index contributed by atoms with van der Waals surface area (Å²) in [5, 5.41) is 3.77. The lowest BCUT2D eigenvalue weighted by molar-refractivity contribution is -0.111. The van der Waals surface area contributed by atoms with Crippen LogP contribution >= 0.6 is 0 Å². The second-order valence-corrected chi connectivity index (χ2v) is 7.44. The number of nitrogens with one attached hydrogen (secondary N) is 1. The average Bonchev–Trinajstić information content (AvgIpc) is 3.23. The van der Waals surface area contributed by atoms with Gasteiger partial charge in [0.05, 0.1) is 31.4 Å². The van der Waals surface area contributed by atoms with Gasteiger partial charge < -0.3 is 19.2 Å². The topological polar surface area (TPSA) is 73.6 Å². The van der Waals surface area contributed by atoms with Crippen LogP contribution in [0, 0.1) is 0 Å². The minimum absolute atomic E-state index is 0.234. The molecule has 4 rings (SSSR count). The maximum atomic E-state index is 12.6. The van der Waals surface area contributed by atoms with E-state index in [1.807, 2.05) is 57.2 Å². The van der Waals surface area contributed by atoms with Crippen molar-refractivity contribution in [1.82, 2.24) is 4.98 Å². The van der Waals surface area contributed by atoms with Gasteiger partial charge in [-0.15, -0.1) is 0 Å². The van der Waals surface area contributed by atoms with Gasteiger partial charge in [0, 0.05) is 34.9 Å². The predicted octanol–water partition coefficient (Wildman–Crippen LogP) is 6.33. The number of benzene rings is 2. The zero-order chi connectivity index (χ0) is 23.2. The van der Waals surface area contributed by atoms with Crippen molar-refractivity contribution in [3.05, 3.63) is 78.8 Å². The first-order valence-electron chi connectivity index (χ1n) is 10.9. The van der Waals surface area contributed by atoms with Crippen molar-refractivity contribution < 1.29 is 18.7 Å². The molecule has 2 aromatic heterocycles. The number of nitrogens with zero attached hydrogens (tertiary/aromatic N) is 1. The van der Waals surface area contributed by atoms with Crippen molar-refractivity contribution in [2.24, 2.45) is 0 Å². The molecule has 6 nitrogen and oxygen atoms in total. The molecule has 4 aromatic rings. The van der Waals surface area contributed by atoms with Gasteiger partial charge in [-0.3, -0.25) is 9.78 Å². The number of anilines is 1. The van der Waals surface area contributed by atoms with Gasteiger partial charge >= 0.3 is 0 Å². The highest BCUT2D eigenvalue weighted by molar-refractivity contribution is 6.05. The minimum Gasteiger partial charge on any atom is -0.494 e. The van der Waals surface area contributed by atoms with Gasteiger partial charge in [0.15, 0.2) is 0 Å². The summed E-state index contributed by atoms with van der Waals surface area (Å²) in [6, 6.07) is 15.4. The van der Waals surface area contributed by atoms with Crippen LogP contribution in [0.25, 0.3) is 27.7 Å². The van der Waals surface area contributed by atoms with E-state index in [4.69, 9.17) is 13.9 Å². The molecular weight excluding hydrogens is 416 g/mol. The SMILES string of the molecule is CCOc1ccc(-c2coc3cc(OCC)c(/C(C)=C/C(=O)Nc4cccnc4)cc23)cc1. The van der Waals surface area contributed by atoms with Gasteiger partial charge in [-0.1, -0.05) is 12.1 Å². The number of aromatic nitrogens is 1. The highest BCUT2D eigenvalue weighted by Gasteiger charge is 2.15. The molecule has 33 heavy (non-hydrogen) atoms. The molecule has 2 aromatic carbocycles. The first-order chi connectivity index (χ1) is 16.1. The molecule has 0 saturated carbocycles. The lowest BCUT2D eigenvalue weighted by atomic mass is 9.99. The predicted molar refractivity (Wildman–Crippen MR) is 131 cm³/mol. The Morgan fingerprint density at radius 1 is 1.09 bits per heavy atom. The van der Waals surface area contributed by atoms with Crippen molar-refractivity contribution in [1.29, 1.82) is 0 Å². The molecule has 168 valence electrons. The Labute approximate surface area is 192 Å². The van der Waals surface area contributed by atoms with Crippen molar-refractivity contribution in [2.75, 3.05) is 18.5 Å². The molecule has 0 atom stereocenters. The number of allylic oxidation sites excluding steroid dienone is 1. The second kappa shape index (κ2) is 10.0. The fourth-order valence-corrected chi connectivity index (χ4v) is 3.65. The largest absolute Gasteiger partial charge is 0.494 e. The Hall–Kier alpha value is -4.06. The molecular formula is C27H26N2O4. The van der Waals surface area contributed by atoms with E-state index in [0.717, 1.165) is 39.0 Å². The summed E-state index contributed by atoms with van der Waals surface area (Å²) >= 11 is 0. The third kappa shape index (κ3) is 5.06. The smallest absolute Gasteiger partial charge is 0.248 e. The van der Waals surface area contributed by atoms with Crippen LogP contribution in [0.4, 0.5) is 5.69 Å². The molecule has 0 fully saturated rings. The zero-order valence-corrected chi connectivity index (χ0v) is 18.9. The molecule has 1 amide bonds. The van der Waals surface area contributed by atoms with Crippen LogP contribution in [0.1, 0.15) is 26.3 Å². The molecule has 2 heterocycles. The van der Waals surface area contributed by atoms with Crippen LogP contribution in [-0.4, -0.2) is 24.1 Å². The number of hydrogen-bond acceptors (Lipinski definition) is 5. The van der Waals surface area contributed by atoms with Crippen molar-refractivity contribution >= 4 is 28.1 Å². The quantitative estimate of drug-likeness (QED) is 0.323. The van der Waals surface area contributed by atoms with Crippen LogP contribution in [0.15, 0.2) is 77.7 Å². The molecule has 0 saturated heterocycles. The first-order valence-corrected chi connectivity index (χ1v) is 10.9. The Bertz CT molecular complexity index is 1270. The number of amides is 1. The summed E-state index contributed by atoms with van der Waals surface area (Å²) < 4.78 is 17.3. The highest BCUT2D eigenvalue weighted by atomic mass is 16.5. The number of rotatable bonds is 8. The number of pyridine rings is 1. The number of hydrogen-bond donors (Lipinski definition) is 1. The van der Waals surface area contributed by atoms with Crippen LogP contribution in [0.5, 0.6) is 11.5 Å². The molecule has 0 spiro atoms. The van der Waals surface area contributed by atoms with E-state index >= 15 is 0 Å². The minimum atomic E-state index is -0.234. The number of carbonyl (C=O) groups is 1. The van der Waals surface area contributed by atoms with E-state index in [-0.39, 0.29) is 5.91 Å². The summed E-state index contributed by atoms with van der Waals surface area (Å²) in [7, 11) is 0. The number of furan rings is 1. The fraction of sp³-hybridized carbons (Fsp3) is 0.185. The van der Waals surface area contributed by atoms with Gasteiger partial charge in [0.25, 0.3) is 0 Å². The fourth-order valence-electron chi connectivity index (χ4n) is 3.65. The molecule has 1 N–H and O–H groups in total. The number of carbonyl (C=O) groups excluding carboxylic acids is 1. The molecule has 6 heteroatoms. The molecule has 0 radical (unpaired) electrons. The summed E-state index contributed by atoms with van der Waals surface area (Å²) in [5.74, 6) is 1.26. The summed E-state index contributed by atoms with van der Waals surface area (Å²) in [6.07, 6.45) is 6.57. The maximum absolute atomic E-state index is 12.6. The first kappa shape index (κ1) is 22.1. The van der Waals surface area contributed by atoms with Gasteiger partial charge in [-0.05, 0) is 62.2 Å². The Morgan fingerprint density at radius 2 is 1.88 bits per heavy atom. The Kier molecular flexibility index (Phi) is 6.74. The van der Waals surface area contributed by atoms with Crippen LogP contribution < -0.4 is 14.8 Å². The molecule has 0 aliphatic heterocycles. The third-order valence-corrected chi connectivity index (χ3v) is 5.15. The monoisotopic (exact) mass is 442 g/mol. The van der Waals surface area contributed by atoms with Crippen molar-refractivity contribution in [3.8, 4) is 22.6 Å². The van der Waals surface area contributed by atoms with Crippen LogP contribution in [-0.2, 0) is 4.79 Å². The van der Waals surface area contributed by atoms with E-state index in [2.05, 4.69) is 10.3 Å². The van der Waals surface area contributed by atoms with Gasteiger partial charge in [-0.2, -0.15) is 0 Å².